The van der Waals surface area contributed by atoms with E-state index in [1.54, 1.807) is 18.2 Å². The van der Waals surface area contributed by atoms with Crippen LogP contribution in [0.1, 0.15) is 29.2 Å². The van der Waals surface area contributed by atoms with Crippen molar-refractivity contribution in [3.05, 3.63) is 65.2 Å². The Morgan fingerprint density at radius 3 is 2.52 bits per heavy atom. The number of allylic oxidation sites excluding steroid dienone is 1. The van der Waals surface area contributed by atoms with Gasteiger partial charge in [0.15, 0.2) is 11.5 Å². The zero-order valence-electron chi connectivity index (χ0n) is 16.8. The molecule has 0 spiro atoms. The third-order valence-corrected chi connectivity index (χ3v) is 4.15. The summed E-state index contributed by atoms with van der Waals surface area (Å²) in [6, 6.07) is 8.86. The molecule has 7 nitrogen and oxygen atoms in total. The lowest BCUT2D eigenvalue weighted by atomic mass is 10.1. The monoisotopic (exact) mass is 395 g/mol. The van der Waals surface area contributed by atoms with Crippen molar-refractivity contribution in [2.24, 2.45) is 5.10 Å². The van der Waals surface area contributed by atoms with Crippen LogP contribution in [0.2, 0.25) is 0 Å². The van der Waals surface area contributed by atoms with Gasteiger partial charge in [-0.25, -0.2) is 5.43 Å². The molecule has 0 radical (unpaired) electrons. The van der Waals surface area contributed by atoms with Crippen LogP contribution >= 0.6 is 0 Å². The predicted molar refractivity (Wildman–Crippen MR) is 113 cm³/mol. The summed E-state index contributed by atoms with van der Waals surface area (Å²) in [7, 11) is 0. The summed E-state index contributed by atoms with van der Waals surface area (Å²) in [6.45, 7) is 9.56. The second-order valence-electron chi connectivity index (χ2n) is 6.37. The van der Waals surface area contributed by atoms with Crippen molar-refractivity contribution in [1.82, 2.24) is 5.43 Å². The maximum absolute atomic E-state index is 12.1. The van der Waals surface area contributed by atoms with Crippen molar-refractivity contribution < 1.29 is 19.4 Å². The van der Waals surface area contributed by atoms with Crippen molar-refractivity contribution in [2.45, 2.75) is 27.2 Å². The highest BCUT2D eigenvalue weighted by Crippen LogP contribution is 2.31. The van der Waals surface area contributed by atoms with Gasteiger partial charge in [0, 0.05) is 11.3 Å². The predicted octanol–water partition coefficient (Wildman–Crippen LogP) is 3.23. The van der Waals surface area contributed by atoms with E-state index in [0.717, 1.165) is 11.1 Å². The lowest BCUT2D eigenvalue weighted by Crippen LogP contribution is -2.32. The number of aromatic hydroxyl groups is 1. The van der Waals surface area contributed by atoms with E-state index in [-0.39, 0.29) is 5.75 Å². The molecule has 3 N–H and O–H groups in total. The Kier molecular flexibility index (Phi) is 7.54. The van der Waals surface area contributed by atoms with Crippen LogP contribution < -0.4 is 15.5 Å². The van der Waals surface area contributed by atoms with E-state index in [4.69, 9.17) is 4.74 Å². The van der Waals surface area contributed by atoms with E-state index in [9.17, 15) is 14.7 Å². The molecule has 0 aliphatic rings. The Hall–Kier alpha value is -3.61. The molecular weight excluding hydrogens is 370 g/mol. The molecule has 2 aromatic carbocycles. The second-order valence-corrected chi connectivity index (χ2v) is 6.37. The Morgan fingerprint density at radius 2 is 1.90 bits per heavy atom. The fourth-order valence-corrected chi connectivity index (χ4v) is 2.74. The Morgan fingerprint density at radius 1 is 1.21 bits per heavy atom. The number of nitrogens with one attached hydrogen (secondary N) is 2. The van der Waals surface area contributed by atoms with Gasteiger partial charge < -0.3 is 15.2 Å². The molecule has 2 rings (SSSR count). The van der Waals surface area contributed by atoms with Gasteiger partial charge >= 0.3 is 11.8 Å². The minimum Gasteiger partial charge on any atom is -0.504 e. The van der Waals surface area contributed by atoms with Gasteiger partial charge in [0.05, 0.1) is 12.8 Å². The lowest BCUT2D eigenvalue weighted by Gasteiger charge is -2.11. The van der Waals surface area contributed by atoms with Crippen LogP contribution in [0.3, 0.4) is 0 Å². The summed E-state index contributed by atoms with van der Waals surface area (Å²) >= 11 is 0. The number of nitrogens with zero attached hydrogens (tertiary/aromatic N) is 1. The third kappa shape index (κ3) is 5.68. The first kappa shape index (κ1) is 21.7. The number of ether oxygens (including phenoxy) is 1. The summed E-state index contributed by atoms with van der Waals surface area (Å²) in [5.41, 5.74) is 5.73. The highest BCUT2D eigenvalue weighted by molar-refractivity contribution is 6.39. The van der Waals surface area contributed by atoms with Crippen LogP contribution in [-0.2, 0) is 16.0 Å². The molecule has 2 aromatic rings. The fourth-order valence-electron chi connectivity index (χ4n) is 2.74. The smallest absolute Gasteiger partial charge is 0.329 e. The molecule has 7 heteroatoms. The molecule has 0 bridgehead atoms. The average Bonchev–Trinajstić information content (AvgIpc) is 2.68. The average molecular weight is 395 g/mol. The number of rotatable bonds is 7. The normalized spacial score (nSPS) is 10.6. The Bertz CT molecular complexity index is 931. The second kappa shape index (κ2) is 10.1. The van der Waals surface area contributed by atoms with Crippen molar-refractivity contribution in [3.63, 3.8) is 0 Å². The molecule has 0 aromatic heterocycles. The largest absolute Gasteiger partial charge is 0.504 e. The van der Waals surface area contributed by atoms with Crippen LogP contribution in [0.25, 0.3) is 0 Å². The minimum atomic E-state index is -0.890. The van der Waals surface area contributed by atoms with Gasteiger partial charge in [-0.3, -0.25) is 9.59 Å². The number of hydrogen-bond acceptors (Lipinski definition) is 5. The zero-order valence-corrected chi connectivity index (χ0v) is 16.8. The number of para-hydroxylation sites is 1. The first-order chi connectivity index (χ1) is 13.9. The topological polar surface area (TPSA) is 100 Å². The maximum Gasteiger partial charge on any atom is 0.329 e. The van der Waals surface area contributed by atoms with Gasteiger partial charge in [-0.05, 0) is 56.0 Å². The number of amides is 2. The molecule has 0 aliphatic carbocycles. The molecule has 2 amide bonds. The number of phenolic OH excluding ortho intramolecular Hbond substituents is 1. The first-order valence-corrected chi connectivity index (χ1v) is 9.17. The number of aryl methyl sites for hydroxylation is 2. The van der Waals surface area contributed by atoms with E-state index in [2.05, 4.69) is 22.4 Å². The van der Waals surface area contributed by atoms with Crippen LogP contribution in [0.15, 0.2) is 48.1 Å². The number of anilines is 1. The standard InChI is InChI=1S/C22H25N3O4/c1-5-8-17-11-16(12-18(20(17)26)29-6-2)13-23-25-22(28)21(27)24-19-14(3)9-7-10-15(19)4/h5,7,9-13,26H,1,6,8H2,2-4H3,(H,24,27)(H,25,28)/b23-13+. The van der Waals surface area contributed by atoms with Crippen LogP contribution in [0, 0.1) is 13.8 Å². The van der Waals surface area contributed by atoms with E-state index in [1.165, 1.54) is 6.21 Å². The summed E-state index contributed by atoms with van der Waals surface area (Å²) in [4.78, 5) is 24.2. The molecule has 29 heavy (non-hydrogen) atoms. The molecule has 0 atom stereocenters. The van der Waals surface area contributed by atoms with Gasteiger partial charge in [0.25, 0.3) is 0 Å². The van der Waals surface area contributed by atoms with Gasteiger partial charge in [0.2, 0.25) is 0 Å². The highest BCUT2D eigenvalue weighted by atomic mass is 16.5. The maximum atomic E-state index is 12.1. The molecule has 0 aliphatic heterocycles. The van der Waals surface area contributed by atoms with Crippen molar-refractivity contribution in [3.8, 4) is 11.5 Å². The number of phenols is 1. The van der Waals surface area contributed by atoms with Crippen LogP contribution in [0.4, 0.5) is 5.69 Å². The number of carbonyl (C=O) groups is 2. The fraction of sp³-hybridized carbons (Fsp3) is 0.227. The van der Waals surface area contributed by atoms with Gasteiger partial charge in [-0.15, -0.1) is 6.58 Å². The van der Waals surface area contributed by atoms with E-state index >= 15 is 0 Å². The molecule has 0 fully saturated rings. The van der Waals surface area contributed by atoms with Gasteiger partial charge in [-0.2, -0.15) is 5.10 Å². The van der Waals surface area contributed by atoms with E-state index < -0.39 is 11.8 Å². The van der Waals surface area contributed by atoms with Crippen LogP contribution in [0.5, 0.6) is 11.5 Å². The molecular formula is C22H25N3O4. The quantitative estimate of drug-likeness (QED) is 0.290. The lowest BCUT2D eigenvalue weighted by molar-refractivity contribution is -0.136. The van der Waals surface area contributed by atoms with Crippen molar-refractivity contribution in [2.75, 3.05) is 11.9 Å². The SMILES string of the molecule is C=CCc1cc(/C=N/NC(=O)C(=O)Nc2c(C)cccc2C)cc(OCC)c1O. The number of benzene rings is 2. The Balaban J connectivity index is 2.09. The van der Waals surface area contributed by atoms with E-state index in [0.29, 0.717) is 35.6 Å². The Labute approximate surface area is 170 Å². The van der Waals surface area contributed by atoms with E-state index in [1.807, 2.05) is 39.0 Å². The molecule has 0 heterocycles. The van der Waals surface area contributed by atoms with Crippen molar-refractivity contribution >= 4 is 23.7 Å². The first-order valence-electron chi connectivity index (χ1n) is 9.17. The number of hydrazone groups is 1. The molecule has 0 unspecified atom stereocenters. The third-order valence-electron chi connectivity index (χ3n) is 4.15. The van der Waals surface area contributed by atoms with Gasteiger partial charge in [0.1, 0.15) is 0 Å². The molecule has 0 saturated heterocycles. The summed E-state index contributed by atoms with van der Waals surface area (Å²) in [5.74, 6) is -1.35. The summed E-state index contributed by atoms with van der Waals surface area (Å²) < 4.78 is 5.42. The van der Waals surface area contributed by atoms with Gasteiger partial charge in [-0.1, -0.05) is 24.3 Å². The number of carbonyl (C=O) groups excluding carboxylic acids is 2. The summed E-state index contributed by atoms with van der Waals surface area (Å²) in [6.07, 6.45) is 3.47. The zero-order chi connectivity index (χ0) is 21.4. The summed E-state index contributed by atoms with van der Waals surface area (Å²) in [5, 5.41) is 16.6. The highest BCUT2D eigenvalue weighted by Gasteiger charge is 2.15. The molecule has 152 valence electrons. The van der Waals surface area contributed by atoms with Crippen molar-refractivity contribution in [1.29, 1.82) is 0 Å². The minimum absolute atomic E-state index is 0.0425. The van der Waals surface area contributed by atoms with Crippen LogP contribution in [-0.4, -0.2) is 29.7 Å². The molecule has 0 saturated carbocycles. The number of hydrogen-bond donors (Lipinski definition) is 3.